The third-order valence-electron chi connectivity index (χ3n) is 6.32. The second kappa shape index (κ2) is 8.24. The van der Waals surface area contributed by atoms with Gasteiger partial charge in [0.05, 0.1) is 22.8 Å². The molecule has 0 radical (unpaired) electrons. The van der Waals surface area contributed by atoms with Gasteiger partial charge in [-0.25, -0.2) is 8.78 Å². The van der Waals surface area contributed by atoms with Crippen molar-refractivity contribution in [2.24, 2.45) is 0 Å². The highest BCUT2D eigenvalue weighted by Gasteiger charge is 2.23. The second-order valence-corrected chi connectivity index (χ2v) is 8.38. The Balaban J connectivity index is 1.30. The van der Waals surface area contributed by atoms with Crippen molar-refractivity contribution >= 4 is 22.3 Å². The van der Waals surface area contributed by atoms with Gasteiger partial charge in [-0.05, 0) is 36.6 Å². The van der Waals surface area contributed by atoms with E-state index in [1.54, 1.807) is 11.0 Å². The van der Waals surface area contributed by atoms with E-state index < -0.39 is 11.6 Å². The topological polar surface area (TPSA) is 75.2 Å². The maximum Gasteiger partial charge on any atom is 0.253 e. The molecule has 2 N–H and O–H groups in total. The molecular formula is C24H23F2N5O. The minimum absolute atomic E-state index is 0.0202. The molecule has 2 aliphatic heterocycles. The predicted molar refractivity (Wildman–Crippen MR) is 120 cm³/mol. The van der Waals surface area contributed by atoms with Gasteiger partial charge in [0.2, 0.25) is 0 Å². The third-order valence-corrected chi connectivity index (χ3v) is 6.32. The number of aromatic amines is 1. The molecule has 1 aromatic heterocycles. The molecule has 0 atom stereocenters. The van der Waals surface area contributed by atoms with Gasteiger partial charge in [0, 0.05) is 50.2 Å². The molecule has 2 aliphatic rings. The first-order valence-electron chi connectivity index (χ1n) is 10.8. The molecule has 0 bridgehead atoms. The Labute approximate surface area is 184 Å². The number of pyridine rings is 1. The smallest absolute Gasteiger partial charge is 0.253 e. The predicted octanol–water partition coefficient (Wildman–Crippen LogP) is 3.36. The number of hydrogen-bond donors (Lipinski definition) is 2. The summed E-state index contributed by atoms with van der Waals surface area (Å²) in [4.78, 5) is 19.4. The van der Waals surface area contributed by atoms with Crippen LogP contribution in [0.5, 0.6) is 0 Å². The zero-order chi connectivity index (χ0) is 22.2. The molecule has 5 rings (SSSR count). The Morgan fingerprint density at radius 3 is 2.53 bits per heavy atom. The van der Waals surface area contributed by atoms with E-state index in [1.807, 2.05) is 6.07 Å². The normalized spacial score (nSPS) is 16.5. The van der Waals surface area contributed by atoms with Crippen LogP contribution in [0.1, 0.15) is 23.1 Å². The molecule has 3 heterocycles. The third kappa shape index (κ3) is 3.69. The van der Waals surface area contributed by atoms with E-state index in [0.29, 0.717) is 32.7 Å². The number of anilines is 2. The summed E-state index contributed by atoms with van der Waals surface area (Å²) in [7, 11) is 0. The van der Waals surface area contributed by atoms with Crippen LogP contribution in [0.15, 0.2) is 35.1 Å². The molecule has 3 aromatic rings. The molecule has 164 valence electrons. The average Bonchev–Trinajstić information content (AvgIpc) is 2.80. The summed E-state index contributed by atoms with van der Waals surface area (Å²) >= 11 is 0. The highest BCUT2D eigenvalue weighted by atomic mass is 19.1. The lowest BCUT2D eigenvalue weighted by molar-refractivity contribution is 0.248. The minimum atomic E-state index is -0.703. The van der Waals surface area contributed by atoms with Crippen LogP contribution >= 0.6 is 0 Å². The summed E-state index contributed by atoms with van der Waals surface area (Å²) in [6.45, 7) is 3.84. The lowest BCUT2D eigenvalue weighted by Gasteiger charge is -2.36. The number of piperazine rings is 1. The molecular weight excluding hydrogens is 412 g/mol. The molecule has 1 saturated heterocycles. The molecule has 0 aliphatic carbocycles. The largest absolute Gasteiger partial charge is 0.384 e. The maximum atomic E-state index is 14.3. The summed E-state index contributed by atoms with van der Waals surface area (Å²) in [5, 5.41) is 13.3. The minimum Gasteiger partial charge on any atom is -0.384 e. The van der Waals surface area contributed by atoms with E-state index in [0.717, 1.165) is 59.2 Å². The van der Waals surface area contributed by atoms with Crippen molar-refractivity contribution in [2.75, 3.05) is 42.9 Å². The van der Waals surface area contributed by atoms with Crippen LogP contribution in [0.3, 0.4) is 0 Å². The fraction of sp³-hybridized carbons (Fsp3) is 0.333. The number of nitrogens with zero attached hydrogens (tertiary/aromatic N) is 3. The Morgan fingerprint density at radius 2 is 1.81 bits per heavy atom. The van der Waals surface area contributed by atoms with Crippen molar-refractivity contribution in [1.82, 2.24) is 9.88 Å². The van der Waals surface area contributed by atoms with E-state index in [2.05, 4.69) is 27.3 Å². The van der Waals surface area contributed by atoms with Crippen LogP contribution in [0.25, 0.3) is 10.9 Å². The highest BCUT2D eigenvalue weighted by molar-refractivity contribution is 5.93. The van der Waals surface area contributed by atoms with Gasteiger partial charge in [0.15, 0.2) is 11.6 Å². The van der Waals surface area contributed by atoms with Crippen LogP contribution in [0.4, 0.5) is 20.2 Å². The molecule has 8 heteroatoms. The van der Waals surface area contributed by atoms with Crippen LogP contribution in [-0.2, 0) is 13.0 Å². The van der Waals surface area contributed by atoms with Gasteiger partial charge in [0.25, 0.3) is 5.56 Å². The highest BCUT2D eigenvalue weighted by Crippen LogP contribution is 2.29. The van der Waals surface area contributed by atoms with E-state index in [9.17, 15) is 13.6 Å². The number of H-pyrrole nitrogens is 1. The average molecular weight is 435 g/mol. The number of aromatic nitrogens is 1. The summed E-state index contributed by atoms with van der Waals surface area (Å²) in [5.41, 5.74) is 3.56. The molecule has 0 saturated carbocycles. The number of nitriles is 1. The molecule has 0 amide bonds. The number of halogens is 2. The zero-order valence-electron chi connectivity index (χ0n) is 17.5. The SMILES string of the molecule is N#Cc1cc(F)c(N2CCN(Cc3ccc4c5c(c(=O)[nH]c4c3)CCCN5)CC2)c(F)c1. The number of rotatable bonds is 3. The monoisotopic (exact) mass is 435 g/mol. The van der Waals surface area contributed by atoms with Crippen LogP contribution in [0.2, 0.25) is 0 Å². The van der Waals surface area contributed by atoms with Crippen molar-refractivity contribution in [3.63, 3.8) is 0 Å². The van der Waals surface area contributed by atoms with Gasteiger partial charge in [0.1, 0.15) is 5.69 Å². The van der Waals surface area contributed by atoms with E-state index in [-0.39, 0.29) is 16.8 Å². The Morgan fingerprint density at radius 1 is 1.06 bits per heavy atom. The van der Waals surface area contributed by atoms with Crippen molar-refractivity contribution in [3.8, 4) is 6.07 Å². The lowest BCUT2D eigenvalue weighted by atomic mass is 10.0. The van der Waals surface area contributed by atoms with Gasteiger partial charge in [-0.1, -0.05) is 12.1 Å². The van der Waals surface area contributed by atoms with Gasteiger partial charge >= 0.3 is 0 Å². The van der Waals surface area contributed by atoms with Gasteiger partial charge < -0.3 is 15.2 Å². The Hall–Kier alpha value is -3.44. The Kier molecular flexibility index (Phi) is 5.27. The van der Waals surface area contributed by atoms with Gasteiger partial charge in [-0.2, -0.15) is 5.26 Å². The van der Waals surface area contributed by atoms with E-state index >= 15 is 0 Å². The number of fused-ring (bicyclic) bond motifs is 3. The van der Waals surface area contributed by atoms with Crippen LogP contribution in [-0.4, -0.2) is 42.6 Å². The molecule has 32 heavy (non-hydrogen) atoms. The molecule has 2 aromatic carbocycles. The van der Waals surface area contributed by atoms with Crippen molar-refractivity contribution in [1.29, 1.82) is 5.26 Å². The first-order chi connectivity index (χ1) is 15.5. The summed E-state index contributed by atoms with van der Waals surface area (Å²) < 4.78 is 28.7. The Bertz CT molecular complexity index is 1270. The van der Waals surface area contributed by atoms with Gasteiger partial charge in [-0.15, -0.1) is 0 Å². The van der Waals surface area contributed by atoms with Crippen LogP contribution in [0, 0.1) is 23.0 Å². The number of hydrogen-bond acceptors (Lipinski definition) is 5. The fourth-order valence-corrected chi connectivity index (χ4v) is 4.72. The van der Waals surface area contributed by atoms with Gasteiger partial charge in [-0.3, -0.25) is 9.69 Å². The van der Waals surface area contributed by atoms with Crippen molar-refractivity contribution in [2.45, 2.75) is 19.4 Å². The molecule has 6 nitrogen and oxygen atoms in total. The van der Waals surface area contributed by atoms with E-state index in [1.165, 1.54) is 0 Å². The first kappa shape index (κ1) is 20.5. The summed E-state index contributed by atoms with van der Waals surface area (Å²) in [5.74, 6) is -1.41. The van der Waals surface area contributed by atoms with Crippen LogP contribution < -0.4 is 15.8 Å². The summed E-state index contributed by atoms with van der Waals surface area (Å²) in [6.07, 6.45) is 1.75. The fourth-order valence-electron chi connectivity index (χ4n) is 4.72. The summed E-state index contributed by atoms with van der Waals surface area (Å²) in [6, 6.07) is 10.1. The number of nitrogens with one attached hydrogen (secondary N) is 2. The van der Waals surface area contributed by atoms with Crippen molar-refractivity contribution < 1.29 is 8.78 Å². The zero-order valence-corrected chi connectivity index (χ0v) is 17.5. The standard InChI is InChI=1S/C24H23F2N5O/c25-19-10-16(13-27)11-20(26)23(19)31-8-6-30(7-9-31)14-15-3-4-17-21(12-15)29-24(32)18-2-1-5-28-22(17)18/h3-4,10-12,28H,1-2,5-9,14H2,(H,29,32). The molecule has 0 unspecified atom stereocenters. The second-order valence-electron chi connectivity index (χ2n) is 8.38. The van der Waals surface area contributed by atoms with Crippen molar-refractivity contribution in [3.05, 3.63) is 69.0 Å². The number of benzene rings is 2. The van der Waals surface area contributed by atoms with E-state index in [4.69, 9.17) is 5.26 Å². The molecule has 1 fully saturated rings. The first-order valence-corrected chi connectivity index (χ1v) is 10.8. The molecule has 0 spiro atoms. The maximum absolute atomic E-state index is 14.3. The quantitative estimate of drug-likeness (QED) is 0.660. The lowest BCUT2D eigenvalue weighted by Crippen LogP contribution is -2.46.